The average Bonchev–Trinajstić information content (AvgIpc) is 2.39. The van der Waals surface area contributed by atoms with E-state index in [0.29, 0.717) is 0 Å². The molecule has 1 aromatic heterocycles. The summed E-state index contributed by atoms with van der Waals surface area (Å²) in [5, 5.41) is 3.18. The summed E-state index contributed by atoms with van der Waals surface area (Å²) in [6.07, 6.45) is 3.75. The van der Waals surface area contributed by atoms with Gasteiger partial charge in [-0.05, 0) is 37.7 Å². The fourth-order valence-electron chi connectivity index (χ4n) is 2.05. The van der Waals surface area contributed by atoms with Crippen molar-refractivity contribution in [2.45, 2.75) is 13.5 Å². The van der Waals surface area contributed by atoms with Gasteiger partial charge >= 0.3 is 0 Å². The standard InChI is InChI=1S/C15H19N3/c1-12-5-4-6-14(9-12)18(3)15-7-8-17-11-13(15)10-16-2/h4-9,11,16H,10H2,1-3H3. The molecular weight excluding hydrogens is 222 g/mol. The van der Waals surface area contributed by atoms with Crippen molar-refractivity contribution in [3.05, 3.63) is 53.9 Å². The van der Waals surface area contributed by atoms with Crippen LogP contribution in [0.1, 0.15) is 11.1 Å². The second-order valence-corrected chi connectivity index (χ2v) is 4.43. The molecule has 2 aromatic rings. The van der Waals surface area contributed by atoms with Crippen LogP contribution >= 0.6 is 0 Å². The van der Waals surface area contributed by atoms with E-state index in [4.69, 9.17) is 0 Å². The molecule has 0 unspecified atom stereocenters. The lowest BCUT2D eigenvalue weighted by Gasteiger charge is -2.22. The molecule has 2 rings (SSSR count). The van der Waals surface area contributed by atoms with Gasteiger partial charge in [-0.1, -0.05) is 12.1 Å². The number of pyridine rings is 1. The predicted octanol–water partition coefficient (Wildman–Crippen LogP) is 2.88. The summed E-state index contributed by atoms with van der Waals surface area (Å²) in [5.41, 5.74) is 4.84. The zero-order valence-corrected chi connectivity index (χ0v) is 11.1. The van der Waals surface area contributed by atoms with E-state index in [1.807, 2.05) is 19.4 Å². The van der Waals surface area contributed by atoms with Crippen LogP contribution in [0.15, 0.2) is 42.7 Å². The Balaban J connectivity index is 2.36. The quantitative estimate of drug-likeness (QED) is 0.892. The lowest BCUT2D eigenvalue weighted by atomic mass is 10.1. The van der Waals surface area contributed by atoms with Gasteiger partial charge in [0.2, 0.25) is 0 Å². The third kappa shape index (κ3) is 2.68. The van der Waals surface area contributed by atoms with Crippen LogP contribution in [-0.4, -0.2) is 19.1 Å². The molecule has 0 aliphatic rings. The number of aromatic nitrogens is 1. The lowest BCUT2D eigenvalue weighted by molar-refractivity contribution is 0.811. The van der Waals surface area contributed by atoms with Gasteiger partial charge in [0.15, 0.2) is 0 Å². The normalized spacial score (nSPS) is 10.4. The molecule has 3 heteroatoms. The van der Waals surface area contributed by atoms with Gasteiger partial charge in [-0.25, -0.2) is 0 Å². The van der Waals surface area contributed by atoms with Crippen LogP contribution in [0.3, 0.4) is 0 Å². The number of benzene rings is 1. The Labute approximate surface area is 108 Å². The summed E-state index contributed by atoms with van der Waals surface area (Å²) < 4.78 is 0. The van der Waals surface area contributed by atoms with E-state index in [-0.39, 0.29) is 0 Å². The highest BCUT2D eigenvalue weighted by Crippen LogP contribution is 2.26. The number of aryl methyl sites for hydroxylation is 1. The van der Waals surface area contributed by atoms with Gasteiger partial charge in [-0.15, -0.1) is 0 Å². The molecule has 0 aliphatic heterocycles. The molecule has 94 valence electrons. The molecule has 0 amide bonds. The van der Waals surface area contributed by atoms with Crippen LogP contribution in [0.4, 0.5) is 11.4 Å². The van der Waals surface area contributed by atoms with Crippen molar-refractivity contribution in [3.8, 4) is 0 Å². The largest absolute Gasteiger partial charge is 0.344 e. The third-order valence-corrected chi connectivity index (χ3v) is 3.00. The average molecular weight is 241 g/mol. The van der Waals surface area contributed by atoms with E-state index in [0.717, 1.165) is 6.54 Å². The van der Waals surface area contributed by atoms with Gasteiger partial charge < -0.3 is 10.2 Å². The van der Waals surface area contributed by atoms with Crippen molar-refractivity contribution in [2.75, 3.05) is 19.0 Å². The van der Waals surface area contributed by atoms with E-state index in [1.165, 1.54) is 22.5 Å². The Bertz CT molecular complexity index is 523. The van der Waals surface area contributed by atoms with Crippen molar-refractivity contribution >= 4 is 11.4 Å². The minimum Gasteiger partial charge on any atom is -0.344 e. The first-order valence-corrected chi connectivity index (χ1v) is 6.10. The Kier molecular flexibility index (Phi) is 3.95. The molecule has 0 atom stereocenters. The molecule has 0 saturated heterocycles. The minimum atomic E-state index is 0.819. The van der Waals surface area contributed by atoms with Crippen LogP contribution in [0, 0.1) is 6.92 Å². The highest BCUT2D eigenvalue weighted by Gasteiger charge is 2.08. The molecule has 3 nitrogen and oxygen atoms in total. The van der Waals surface area contributed by atoms with E-state index >= 15 is 0 Å². The first kappa shape index (κ1) is 12.6. The van der Waals surface area contributed by atoms with Crippen LogP contribution in [0.2, 0.25) is 0 Å². The lowest BCUT2D eigenvalue weighted by Crippen LogP contribution is -2.15. The zero-order chi connectivity index (χ0) is 13.0. The van der Waals surface area contributed by atoms with Gasteiger partial charge in [-0.2, -0.15) is 0 Å². The molecule has 0 fully saturated rings. The monoisotopic (exact) mass is 241 g/mol. The van der Waals surface area contributed by atoms with E-state index in [1.54, 1.807) is 0 Å². The maximum Gasteiger partial charge on any atom is 0.0484 e. The minimum absolute atomic E-state index is 0.819. The van der Waals surface area contributed by atoms with Crippen LogP contribution < -0.4 is 10.2 Å². The van der Waals surface area contributed by atoms with Crippen molar-refractivity contribution in [1.29, 1.82) is 0 Å². The second kappa shape index (κ2) is 5.65. The summed E-state index contributed by atoms with van der Waals surface area (Å²) in [4.78, 5) is 6.39. The molecule has 0 bridgehead atoms. The van der Waals surface area contributed by atoms with E-state index < -0.39 is 0 Å². The smallest absolute Gasteiger partial charge is 0.0484 e. The fourth-order valence-corrected chi connectivity index (χ4v) is 2.05. The maximum absolute atomic E-state index is 4.19. The number of anilines is 2. The van der Waals surface area contributed by atoms with Crippen LogP contribution in [0.5, 0.6) is 0 Å². The molecule has 18 heavy (non-hydrogen) atoms. The molecule has 0 radical (unpaired) electrons. The number of hydrogen-bond donors (Lipinski definition) is 1. The van der Waals surface area contributed by atoms with Crippen molar-refractivity contribution in [1.82, 2.24) is 10.3 Å². The molecule has 0 saturated carbocycles. The van der Waals surface area contributed by atoms with Gasteiger partial charge in [0.05, 0.1) is 0 Å². The van der Waals surface area contributed by atoms with E-state index in [9.17, 15) is 0 Å². The van der Waals surface area contributed by atoms with Crippen molar-refractivity contribution < 1.29 is 0 Å². The SMILES string of the molecule is CNCc1cnccc1N(C)c1cccc(C)c1. The van der Waals surface area contributed by atoms with Gasteiger partial charge in [0.1, 0.15) is 0 Å². The van der Waals surface area contributed by atoms with Gasteiger partial charge in [0, 0.05) is 42.9 Å². The highest BCUT2D eigenvalue weighted by molar-refractivity contribution is 5.65. The molecule has 0 aliphatic carbocycles. The number of hydrogen-bond acceptors (Lipinski definition) is 3. The predicted molar refractivity (Wildman–Crippen MR) is 76.2 cm³/mol. The third-order valence-electron chi connectivity index (χ3n) is 3.00. The molecule has 0 spiro atoms. The first-order valence-electron chi connectivity index (χ1n) is 6.10. The van der Waals surface area contributed by atoms with Crippen molar-refractivity contribution in [3.63, 3.8) is 0 Å². The highest BCUT2D eigenvalue weighted by atomic mass is 15.1. The number of nitrogens with zero attached hydrogens (tertiary/aromatic N) is 2. The molecular formula is C15H19N3. The van der Waals surface area contributed by atoms with Crippen LogP contribution in [0.25, 0.3) is 0 Å². The summed E-state index contributed by atoms with van der Waals surface area (Å²) >= 11 is 0. The maximum atomic E-state index is 4.19. The molecule has 1 aromatic carbocycles. The fraction of sp³-hybridized carbons (Fsp3) is 0.267. The Morgan fingerprint density at radius 3 is 2.83 bits per heavy atom. The second-order valence-electron chi connectivity index (χ2n) is 4.43. The van der Waals surface area contributed by atoms with Gasteiger partial charge in [0.25, 0.3) is 0 Å². The summed E-state index contributed by atoms with van der Waals surface area (Å²) in [6.45, 7) is 2.93. The molecule has 1 heterocycles. The number of nitrogens with one attached hydrogen (secondary N) is 1. The van der Waals surface area contributed by atoms with Crippen LogP contribution in [-0.2, 0) is 6.54 Å². The summed E-state index contributed by atoms with van der Waals surface area (Å²) in [7, 11) is 4.03. The Morgan fingerprint density at radius 1 is 1.28 bits per heavy atom. The van der Waals surface area contributed by atoms with Gasteiger partial charge in [-0.3, -0.25) is 4.98 Å². The first-order chi connectivity index (χ1) is 8.72. The molecule has 1 N–H and O–H groups in total. The summed E-state index contributed by atoms with van der Waals surface area (Å²) in [6, 6.07) is 10.5. The summed E-state index contributed by atoms with van der Waals surface area (Å²) in [5.74, 6) is 0. The Morgan fingerprint density at radius 2 is 2.11 bits per heavy atom. The van der Waals surface area contributed by atoms with Crippen molar-refractivity contribution in [2.24, 2.45) is 0 Å². The topological polar surface area (TPSA) is 28.2 Å². The Hall–Kier alpha value is -1.87. The zero-order valence-electron chi connectivity index (χ0n) is 11.1. The van der Waals surface area contributed by atoms with E-state index in [2.05, 4.69) is 59.5 Å². The number of rotatable bonds is 4.